The van der Waals surface area contributed by atoms with Gasteiger partial charge in [0.15, 0.2) is 0 Å². The molecule has 4 heterocycles. The summed E-state index contributed by atoms with van der Waals surface area (Å²) < 4.78 is 0. The number of hydrogen-bond donors (Lipinski definition) is 3. The number of carboxylic acid groups (broad SMARTS) is 1. The van der Waals surface area contributed by atoms with Crippen molar-refractivity contribution in [2.45, 2.75) is 16.7 Å². The number of thioether (sulfide) groups is 1. The number of carbonyl (C=O) groups is 2. The van der Waals surface area contributed by atoms with Gasteiger partial charge in [0.25, 0.3) is 0 Å². The Hall–Kier alpha value is -0.246. The van der Waals surface area contributed by atoms with Crippen molar-refractivity contribution in [3.05, 3.63) is 6.54 Å². The summed E-state index contributed by atoms with van der Waals surface area (Å²) in [7, 11) is 0. The average Bonchev–Trinajstić information content (AvgIpc) is 2.58. The smallest absolute Gasteiger partial charge is 0.321 e. The zero-order valence-electron chi connectivity index (χ0n) is 9.29. The first kappa shape index (κ1) is 12.8. The average molecular weight is 306 g/mol. The van der Waals surface area contributed by atoms with E-state index in [1.54, 1.807) is 11.4 Å². The van der Waals surface area contributed by atoms with Gasteiger partial charge in [-0.05, 0) is 6.54 Å². The number of hydrogen-bond acceptors (Lipinski definition) is 6. The summed E-state index contributed by atoms with van der Waals surface area (Å²) in [6, 6.07) is -0.500. The monoisotopic (exact) mass is 306 g/mol. The van der Waals surface area contributed by atoms with E-state index in [2.05, 4.69) is 10.6 Å². The molecule has 18 heavy (non-hydrogen) atoms. The predicted octanol–water partition coefficient (Wildman–Crippen LogP) is -2.00. The minimum Gasteiger partial charge on any atom is -0.480 e. The first-order chi connectivity index (χ1) is 8.09. The Balaban J connectivity index is 0.000001000. The molecule has 0 aromatic heterocycles. The van der Waals surface area contributed by atoms with Crippen molar-refractivity contribution < 1.29 is 33.3 Å². The summed E-state index contributed by atoms with van der Waals surface area (Å²) in [5, 5.41) is 14.8. The Morgan fingerprint density at radius 2 is 2.33 bits per heavy atom. The Morgan fingerprint density at radius 3 is 2.89 bits per heavy atom. The first-order valence-corrected chi connectivity index (χ1v) is 6.40. The van der Waals surface area contributed by atoms with Crippen LogP contribution in [0.25, 0.3) is 0 Å². The number of nitrogens with zero attached hydrogens (tertiary/aromatic N) is 2. The molecule has 0 aromatic carbocycles. The number of rotatable bonds is 1. The maximum absolute atomic E-state index is 12.2. The van der Waals surface area contributed by atoms with Crippen LogP contribution < -0.4 is 10.6 Å². The maximum Gasteiger partial charge on any atom is 0.321 e. The largest absolute Gasteiger partial charge is 0.480 e. The maximum atomic E-state index is 12.2. The number of carboxylic acids is 1. The van der Waals surface area contributed by atoms with E-state index < -0.39 is 22.7 Å². The van der Waals surface area contributed by atoms with E-state index in [4.69, 9.17) is 5.11 Å². The third-order valence-electron chi connectivity index (χ3n) is 3.89. The molecule has 4 aliphatic rings. The second-order valence-corrected chi connectivity index (χ2v) is 5.93. The molecule has 4 rings (SSSR count). The second-order valence-electron chi connectivity index (χ2n) is 4.74. The molecule has 0 aliphatic carbocycles. The van der Waals surface area contributed by atoms with Gasteiger partial charge in [0, 0.05) is 29.8 Å². The summed E-state index contributed by atoms with van der Waals surface area (Å²) in [4.78, 5) is 26.9. The van der Waals surface area contributed by atoms with E-state index >= 15 is 0 Å². The van der Waals surface area contributed by atoms with Crippen molar-refractivity contribution in [1.82, 2.24) is 20.4 Å². The summed E-state index contributed by atoms with van der Waals surface area (Å²) in [5.74, 6) is -0.263. The summed E-state index contributed by atoms with van der Waals surface area (Å²) >= 11 is 1.49. The molecule has 2 spiro atoms. The molecule has 3 unspecified atom stereocenters. The Kier molecular flexibility index (Phi) is 2.59. The van der Waals surface area contributed by atoms with Crippen LogP contribution in [-0.2, 0) is 28.1 Å². The van der Waals surface area contributed by atoms with E-state index in [1.165, 1.54) is 11.8 Å². The normalized spacial score (nSPS) is 45.0. The quantitative estimate of drug-likeness (QED) is 0.483. The van der Waals surface area contributed by atoms with Gasteiger partial charge in [-0.2, -0.15) is 0 Å². The first-order valence-electron chi connectivity index (χ1n) is 5.42. The van der Waals surface area contributed by atoms with Gasteiger partial charge in [0.1, 0.15) is 6.04 Å². The van der Waals surface area contributed by atoms with Gasteiger partial charge in [-0.25, -0.2) is 11.4 Å². The molecule has 7 nitrogen and oxygen atoms in total. The molecule has 0 aromatic rings. The number of carbonyl (C=O) groups excluding carboxylic acids is 1. The summed E-state index contributed by atoms with van der Waals surface area (Å²) in [6.45, 7) is 2.75. The van der Waals surface area contributed by atoms with Crippen molar-refractivity contribution >= 4 is 23.6 Å². The van der Waals surface area contributed by atoms with Crippen molar-refractivity contribution in [3.8, 4) is 0 Å². The molecule has 1 radical (unpaired) electrons. The molecule has 0 bridgehead atoms. The van der Waals surface area contributed by atoms with Crippen molar-refractivity contribution in [1.29, 1.82) is 0 Å². The zero-order chi connectivity index (χ0) is 11.8. The van der Waals surface area contributed by atoms with Crippen molar-refractivity contribution in [2.75, 3.05) is 19.0 Å². The second kappa shape index (κ2) is 3.65. The van der Waals surface area contributed by atoms with Crippen molar-refractivity contribution in [3.63, 3.8) is 0 Å². The topological polar surface area (TPSA) is 84.9 Å². The fraction of sp³-hybridized carbons (Fsp3) is 0.667. The minimum absolute atomic E-state index is 0. The summed E-state index contributed by atoms with van der Waals surface area (Å²) in [6.07, 6.45) is 0. The molecular formula is C9H11N4O3SV-. The van der Waals surface area contributed by atoms with Crippen LogP contribution in [0, 0.1) is 6.54 Å². The molecule has 3 atom stereocenters. The van der Waals surface area contributed by atoms with Crippen LogP contribution in [0.2, 0.25) is 0 Å². The van der Waals surface area contributed by atoms with E-state index in [0.717, 1.165) is 0 Å². The van der Waals surface area contributed by atoms with Crippen LogP contribution >= 0.6 is 11.8 Å². The molecule has 4 aliphatic heterocycles. The molecule has 1 amide bonds. The van der Waals surface area contributed by atoms with E-state index in [9.17, 15) is 9.59 Å². The fourth-order valence-corrected chi connectivity index (χ4v) is 4.48. The molecule has 97 valence electrons. The summed E-state index contributed by atoms with van der Waals surface area (Å²) in [5.41, 5.74) is -0.616. The van der Waals surface area contributed by atoms with Crippen LogP contribution in [0.3, 0.4) is 0 Å². The van der Waals surface area contributed by atoms with E-state index in [-0.39, 0.29) is 24.5 Å². The van der Waals surface area contributed by atoms with Gasteiger partial charge < -0.3 is 10.4 Å². The Labute approximate surface area is 120 Å². The van der Waals surface area contributed by atoms with Crippen LogP contribution in [0.1, 0.15) is 0 Å². The van der Waals surface area contributed by atoms with Crippen molar-refractivity contribution in [2.24, 2.45) is 0 Å². The van der Waals surface area contributed by atoms with Gasteiger partial charge in [0.2, 0.25) is 11.0 Å². The zero-order valence-corrected chi connectivity index (χ0v) is 11.5. The SMILES string of the molecule is O=C(O)C1CSC23NC4([CH-]NC4)C(=O)N2CN13.[V]. The standard InChI is InChI=1S/C9H11N4O3S.V/c14-6(15)5-1-17-9-11-8(2-10-3-8)7(16)13(9)4-12(5)9;/h2,5,10-11H,1,3-4H2,(H,14,15);/q-1;. The Morgan fingerprint density at radius 1 is 1.61 bits per heavy atom. The van der Waals surface area contributed by atoms with Crippen LogP contribution in [0.4, 0.5) is 0 Å². The van der Waals surface area contributed by atoms with Gasteiger partial charge in [-0.3, -0.25) is 19.8 Å². The van der Waals surface area contributed by atoms with Crippen LogP contribution in [-0.4, -0.2) is 62.4 Å². The molecule has 0 saturated carbocycles. The third-order valence-corrected chi connectivity index (χ3v) is 5.34. The number of aliphatic carboxylic acids is 1. The minimum atomic E-state index is -0.820. The van der Waals surface area contributed by atoms with E-state index in [1.807, 2.05) is 4.90 Å². The number of amides is 1. The Bertz CT molecular complexity index is 446. The molecule has 4 fully saturated rings. The van der Waals surface area contributed by atoms with E-state index in [0.29, 0.717) is 19.0 Å². The molecule has 9 heteroatoms. The molecule has 3 N–H and O–H groups in total. The number of nitrogens with one attached hydrogen (secondary N) is 2. The van der Waals surface area contributed by atoms with Gasteiger partial charge in [0.05, 0.1) is 6.67 Å². The third kappa shape index (κ3) is 1.19. The van der Waals surface area contributed by atoms with Gasteiger partial charge >= 0.3 is 5.97 Å². The van der Waals surface area contributed by atoms with Crippen LogP contribution in [0.15, 0.2) is 0 Å². The van der Waals surface area contributed by atoms with Gasteiger partial charge in [-0.15, -0.1) is 0 Å². The molecule has 4 saturated heterocycles. The molecular weight excluding hydrogens is 295 g/mol. The van der Waals surface area contributed by atoms with Gasteiger partial charge in [-0.1, -0.05) is 11.8 Å². The van der Waals surface area contributed by atoms with Crippen LogP contribution in [0.5, 0.6) is 0 Å². The fourth-order valence-electron chi connectivity index (χ4n) is 2.87. The predicted molar refractivity (Wildman–Crippen MR) is 58.3 cm³/mol.